The Morgan fingerprint density at radius 3 is 1.74 bits per heavy atom. The molecule has 9 heteroatoms. The predicted molar refractivity (Wildman–Crippen MR) is 158 cm³/mol. The van der Waals surface area contributed by atoms with Crippen LogP contribution in [0.1, 0.15) is 44.4 Å². The van der Waals surface area contributed by atoms with Gasteiger partial charge in [-0.25, -0.2) is 9.69 Å². The maximum atomic E-state index is 13.9. The highest BCUT2D eigenvalue weighted by Gasteiger charge is 2.61. The smallest absolute Gasteiger partial charge is 0.338 e. The molecule has 3 aliphatic carbocycles. The van der Waals surface area contributed by atoms with E-state index in [9.17, 15) is 19.2 Å². The number of anilines is 2. The van der Waals surface area contributed by atoms with Crippen LogP contribution in [0.3, 0.4) is 0 Å². The molecule has 4 aromatic rings. The van der Waals surface area contributed by atoms with Crippen LogP contribution in [0.4, 0.5) is 11.4 Å². The van der Waals surface area contributed by atoms with Crippen LogP contribution in [0.15, 0.2) is 91.0 Å². The third kappa shape index (κ3) is 4.11. The summed E-state index contributed by atoms with van der Waals surface area (Å²) >= 11 is 11.9. The van der Waals surface area contributed by atoms with Crippen molar-refractivity contribution in [3.63, 3.8) is 0 Å². The van der Waals surface area contributed by atoms with Crippen LogP contribution in [0.25, 0.3) is 0 Å². The van der Waals surface area contributed by atoms with Crippen LogP contribution < -0.4 is 10.2 Å². The number of imide groups is 1. The van der Waals surface area contributed by atoms with E-state index in [0.717, 1.165) is 22.3 Å². The molecule has 2 atom stereocenters. The molecule has 2 bridgehead atoms. The van der Waals surface area contributed by atoms with Gasteiger partial charge >= 0.3 is 5.97 Å². The first-order valence-electron chi connectivity index (χ1n) is 13.4. The normalized spacial score (nSPS) is 21.4. The molecule has 0 radical (unpaired) electrons. The van der Waals surface area contributed by atoms with E-state index in [2.05, 4.69) is 29.6 Å². The lowest BCUT2D eigenvalue weighted by molar-refractivity contribution is -0.122. The number of carbonyl (C=O) groups is 4. The fourth-order valence-electron chi connectivity index (χ4n) is 6.66. The highest BCUT2D eigenvalue weighted by molar-refractivity contribution is 6.42. The molecule has 0 spiro atoms. The van der Waals surface area contributed by atoms with E-state index in [1.165, 1.54) is 23.1 Å². The highest BCUT2D eigenvalue weighted by atomic mass is 35.5. The lowest BCUT2D eigenvalue weighted by atomic mass is 9.55. The molecular formula is C33H22Cl2N2O5. The average Bonchev–Trinajstić information content (AvgIpc) is 3.28. The third-order valence-corrected chi connectivity index (χ3v) is 9.09. The van der Waals surface area contributed by atoms with Gasteiger partial charge in [0, 0.05) is 17.5 Å². The van der Waals surface area contributed by atoms with Crippen molar-refractivity contribution in [3.8, 4) is 0 Å². The van der Waals surface area contributed by atoms with Crippen molar-refractivity contribution in [2.45, 2.75) is 11.8 Å². The van der Waals surface area contributed by atoms with E-state index >= 15 is 0 Å². The topological polar surface area (TPSA) is 92.8 Å². The second kappa shape index (κ2) is 10.1. The van der Waals surface area contributed by atoms with Gasteiger partial charge in [-0.15, -0.1) is 0 Å². The summed E-state index contributed by atoms with van der Waals surface area (Å²) in [5.74, 6) is -3.13. The van der Waals surface area contributed by atoms with Crippen LogP contribution >= 0.6 is 23.2 Å². The van der Waals surface area contributed by atoms with Crippen LogP contribution in [-0.2, 0) is 19.1 Å². The van der Waals surface area contributed by atoms with Crippen molar-refractivity contribution >= 4 is 58.3 Å². The Labute approximate surface area is 251 Å². The number of nitrogens with one attached hydrogen (secondary N) is 1. The summed E-state index contributed by atoms with van der Waals surface area (Å²) < 4.78 is 5.15. The van der Waals surface area contributed by atoms with E-state index in [-0.39, 0.29) is 34.2 Å². The number of esters is 1. The van der Waals surface area contributed by atoms with Gasteiger partial charge in [-0.1, -0.05) is 71.7 Å². The molecule has 4 aromatic carbocycles. The number of hydrogen-bond donors (Lipinski definition) is 1. The number of halogens is 2. The van der Waals surface area contributed by atoms with Gasteiger partial charge in [-0.3, -0.25) is 14.4 Å². The summed E-state index contributed by atoms with van der Waals surface area (Å²) in [7, 11) is 0. The van der Waals surface area contributed by atoms with Crippen molar-refractivity contribution in [3.05, 3.63) is 129 Å². The molecule has 8 rings (SSSR count). The van der Waals surface area contributed by atoms with E-state index in [1.54, 1.807) is 24.3 Å². The van der Waals surface area contributed by atoms with Crippen molar-refractivity contribution in [2.24, 2.45) is 11.8 Å². The molecule has 0 aromatic heterocycles. The fourth-order valence-corrected chi connectivity index (χ4v) is 6.96. The number of ether oxygens (including phenoxy) is 1. The molecule has 1 saturated heterocycles. The summed E-state index contributed by atoms with van der Waals surface area (Å²) in [5.41, 5.74) is 5.39. The standard InChI is InChI=1S/C33H22Cl2N2O5/c34-24-14-11-18(15-25(24)35)36-26(38)16-42-33(41)17-9-12-19(13-10-17)37-31(39)29-27-20-5-1-2-6-21(20)28(30(29)32(37)40)23-8-4-3-7-22(23)27/h1-15,27-30H,16H2,(H,36,38)/t27?,28?,29-,30-/m1/s1. The van der Waals surface area contributed by atoms with Crippen molar-refractivity contribution < 1.29 is 23.9 Å². The first kappa shape index (κ1) is 26.4. The molecule has 1 aliphatic heterocycles. The molecular weight excluding hydrogens is 575 g/mol. The van der Waals surface area contributed by atoms with Gasteiger partial charge in [-0.05, 0) is 64.7 Å². The minimum atomic E-state index is -0.720. The predicted octanol–water partition coefficient (Wildman–Crippen LogP) is 6.19. The molecule has 4 aliphatic rings. The molecule has 7 nitrogen and oxygen atoms in total. The molecule has 0 saturated carbocycles. The van der Waals surface area contributed by atoms with Gasteiger partial charge in [-0.2, -0.15) is 0 Å². The van der Waals surface area contributed by atoms with Crippen LogP contribution in [-0.4, -0.2) is 30.3 Å². The van der Waals surface area contributed by atoms with Crippen molar-refractivity contribution in [2.75, 3.05) is 16.8 Å². The van der Waals surface area contributed by atoms with Crippen LogP contribution in [0.2, 0.25) is 10.0 Å². The summed E-state index contributed by atoms with van der Waals surface area (Å²) in [5, 5.41) is 3.21. The maximum absolute atomic E-state index is 13.9. The second-order valence-corrected chi connectivity index (χ2v) is 11.4. The molecule has 0 unspecified atom stereocenters. The largest absolute Gasteiger partial charge is 0.452 e. The van der Waals surface area contributed by atoms with Gasteiger partial charge in [0.2, 0.25) is 11.8 Å². The highest BCUT2D eigenvalue weighted by Crippen LogP contribution is 2.61. The first-order chi connectivity index (χ1) is 20.3. The number of benzene rings is 4. The zero-order chi connectivity index (χ0) is 29.1. The Hall–Kier alpha value is -4.46. The Kier molecular flexibility index (Phi) is 6.37. The monoisotopic (exact) mass is 596 g/mol. The number of hydrogen-bond acceptors (Lipinski definition) is 5. The van der Waals surface area contributed by atoms with Gasteiger partial charge in [0.1, 0.15) is 0 Å². The Morgan fingerprint density at radius 1 is 0.714 bits per heavy atom. The number of carbonyl (C=O) groups excluding carboxylic acids is 4. The summed E-state index contributed by atoms with van der Waals surface area (Å²) in [6.45, 7) is -0.517. The Bertz CT molecular complexity index is 1690. The Balaban J connectivity index is 1.08. The molecule has 1 N–H and O–H groups in total. The lowest BCUT2D eigenvalue weighted by Crippen LogP contribution is -2.41. The first-order valence-corrected chi connectivity index (χ1v) is 14.2. The van der Waals surface area contributed by atoms with Crippen molar-refractivity contribution in [1.29, 1.82) is 0 Å². The van der Waals surface area contributed by atoms with E-state index < -0.39 is 30.3 Å². The van der Waals surface area contributed by atoms with Gasteiger partial charge in [0.05, 0.1) is 33.1 Å². The van der Waals surface area contributed by atoms with Crippen LogP contribution in [0.5, 0.6) is 0 Å². The SMILES string of the molecule is O=C(COC(=O)c1ccc(N2C(=O)[C@@H]3C4c5ccccc5C(c5ccccc54)[C@H]3C2=O)cc1)Nc1ccc(Cl)c(Cl)c1. The Morgan fingerprint density at radius 2 is 1.24 bits per heavy atom. The summed E-state index contributed by atoms with van der Waals surface area (Å²) in [4.78, 5) is 53.9. The minimum absolute atomic E-state index is 0.178. The van der Waals surface area contributed by atoms with E-state index in [0.29, 0.717) is 16.4 Å². The van der Waals surface area contributed by atoms with E-state index in [1.807, 2.05) is 24.3 Å². The quantitative estimate of drug-likeness (QED) is 0.219. The number of amides is 3. The molecule has 42 heavy (non-hydrogen) atoms. The lowest BCUT2D eigenvalue weighted by Gasteiger charge is -2.45. The second-order valence-electron chi connectivity index (χ2n) is 10.6. The fraction of sp³-hybridized carbons (Fsp3) is 0.152. The maximum Gasteiger partial charge on any atom is 0.338 e. The zero-order valence-corrected chi connectivity index (χ0v) is 23.4. The minimum Gasteiger partial charge on any atom is -0.452 e. The molecule has 3 amide bonds. The van der Waals surface area contributed by atoms with E-state index in [4.69, 9.17) is 27.9 Å². The average molecular weight is 597 g/mol. The molecule has 208 valence electrons. The molecule has 1 fully saturated rings. The van der Waals surface area contributed by atoms with Crippen LogP contribution in [0, 0.1) is 11.8 Å². The van der Waals surface area contributed by atoms with Gasteiger partial charge in [0.25, 0.3) is 5.91 Å². The van der Waals surface area contributed by atoms with Gasteiger partial charge in [0.15, 0.2) is 6.61 Å². The van der Waals surface area contributed by atoms with Gasteiger partial charge < -0.3 is 10.1 Å². The third-order valence-electron chi connectivity index (χ3n) is 8.35. The number of nitrogens with zero attached hydrogens (tertiary/aromatic N) is 1. The summed E-state index contributed by atoms with van der Waals surface area (Å²) in [6.07, 6.45) is 0. The zero-order valence-electron chi connectivity index (χ0n) is 21.9. The van der Waals surface area contributed by atoms with Crippen molar-refractivity contribution in [1.82, 2.24) is 0 Å². The summed E-state index contributed by atoms with van der Waals surface area (Å²) in [6, 6.07) is 26.8. The number of rotatable bonds is 5. The molecule has 1 heterocycles.